The van der Waals surface area contributed by atoms with E-state index in [0.29, 0.717) is 37.9 Å². The number of fused-ring (bicyclic) bond motifs is 1. The van der Waals surface area contributed by atoms with Crippen LogP contribution in [0, 0.1) is 0 Å². The number of rotatable bonds is 14. The van der Waals surface area contributed by atoms with Crippen molar-refractivity contribution in [3.63, 3.8) is 0 Å². The van der Waals surface area contributed by atoms with Gasteiger partial charge < -0.3 is 31.1 Å². The van der Waals surface area contributed by atoms with Crippen molar-refractivity contribution in [3.05, 3.63) is 0 Å². The van der Waals surface area contributed by atoms with Crippen molar-refractivity contribution in [3.8, 4) is 0 Å². The molecule has 2 saturated heterocycles. The van der Waals surface area contributed by atoms with E-state index in [-0.39, 0.29) is 42.9 Å². The van der Waals surface area contributed by atoms with Crippen LogP contribution in [0.15, 0.2) is 0 Å². The third-order valence-electron chi connectivity index (χ3n) is 5.06. The van der Waals surface area contributed by atoms with Crippen LogP contribution in [0.25, 0.3) is 0 Å². The Morgan fingerprint density at radius 2 is 1.90 bits per heavy atom. The molecule has 30 heavy (non-hydrogen) atoms. The molecule has 172 valence electrons. The van der Waals surface area contributed by atoms with Crippen LogP contribution in [-0.4, -0.2) is 77.9 Å². The molecule has 0 radical (unpaired) electrons. The lowest BCUT2D eigenvalue weighted by atomic mass is 10.0. The first-order valence-electron chi connectivity index (χ1n) is 10.8. The lowest BCUT2D eigenvalue weighted by Crippen LogP contribution is -2.38. The van der Waals surface area contributed by atoms with Crippen LogP contribution >= 0.6 is 11.8 Å². The average Bonchev–Trinajstić information content (AvgIpc) is 3.21. The van der Waals surface area contributed by atoms with Gasteiger partial charge in [-0.25, -0.2) is 4.79 Å². The summed E-state index contributed by atoms with van der Waals surface area (Å²) in [5.41, 5.74) is -0.918. The number of ether oxygens (including phenoxy) is 1. The van der Waals surface area contributed by atoms with Crippen LogP contribution in [0.3, 0.4) is 0 Å². The molecule has 0 aromatic rings. The van der Waals surface area contributed by atoms with Crippen LogP contribution in [0.1, 0.15) is 52.4 Å². The van der Waals surface area contributed by atoms with E-state index < -0.39 is 5.60 Å². The second-order valence-electron chi connectivity index (χ2n) is 8.52. The van der Waals surface area contributed by atoms with E-state index >= 15 is 0 Å². The molecule has 2 rings (SSSR count). The summed E-state index contributed by atoms with van der Waals surface area (Å²) in [6.45, 7) is 4.85. The molecule has 0 unspecified atom stereocenters. The molecular formula is C20H36N4O5S. The van der Waals surface area contributed by atoms with Crippen molar-refractivity contribution in [1.82, 2.24) is 21.3 Å². The first-order valence-corrected chi connectivity index (χ1v) is 11.8. The first-order chi connectivity index (χ1) is 14.2. The molecule has 0 aromatic heterocycles. The summed E-state index contributed by atoms with van der Waals surface area (Å²) in [6, 6.07) is 0.414. The monoisotopic (exact) mass is 444 g/mol. The number of unbranched alkanes of at least 4 members (excludes halogenated alkanes) is 1. The van der Waals surface area contributed by atoms with E-state index in [1.807, 2.05) is 11.8 Å². The highest BCUT2D eigenvalue weighted by molar-refractivity contribution is 8.00. The van der Waals surface area contributed by atoms with Crippen LogP contribution in [-0.2, 0) is 14.3 Å². The predicted molar refractivity (Wildman–Crippen MR) is 116 cm³/mol. The zero-order valence-electron chi connectivity index (χ0n) is 18.0. The van der Waals surface area contributed by atoms with E-state index in [1.54, 1.807) is 13.8 Å². The molecule has 3 atom stereocenters. The van der Waals surface area contributed by atoms with Crippen molar-refractivity contribution in [1.29, 1.82) is 0 Å². The van der Waals surface area contributed by atoms with E-state index in [2.05, 4.69) is 21.3 Å². The number of amides is 4. The minimum atomic E-state index is -0.918. The Labute approximate surface area is 182 Å². The summed E-state index contributed by atoms with van der Waals surface area (Å²) in [5.74, 6) is 0.861. The number of carbonyl (C=O) groups excluding carboxylic acids is 3. The molecule has 0 spiro atoms. The summed E-state index contributed by atoms with van der Waals surface area (Å²) in [7, 11) is 0. The third kappa shape index (κ3) is 9.53. The van der Waals surface area contributed by atoms with Crippen LogP contribution in [0.2, 0.25) is 0 Å². The Hall–Kier alpha value is -1.52. The second-order valence-corrected chi connectivity index (χ2v) is 9.79. The largest absolute Gasteiger partial charge is 0.389 e. The lowest BCUT2D eigenvalue weighted by molar-refractivity contribution is -0.123. The van der Waals surface area contributed by atoms with Gasteiger partial charge in [-0.05, 0) is 33.1 Å². The van der Waals surface area contributed by atoms with Crippen molar-refractivity contribution >= 4 is 29.6 Å². The summed E-state index contributed by atoms with van der Waals surface area (Å²) in [4.78, 5) is 34.8. The number of thioether (sulfide) groups is 1. The van der Waals surface area contributed by atoms with Gasteiger partial charge in [0.1, 0.15) is 0 Å². The fraction of sp³-hybridized carbons (Fsp3) is 0.850. The Balaban J connectivity index is 1.38. The maximum absolute atomic E-state index is 11.9. The molecule has 4 amide bonds. The first kappa shape index (κ1) is 24.7. The minimum Gasteiger partial charge on any atom is -0.389 e. The Morgan fingerprint density at radius 1 is 1.13 bits per heavy atom. The molecular weight excluding hydrogens is 408 g/mol. The fourth-order valence-electron chi connectivity index (χ4n) is 3.43. The normalized spacial score (nSPS) is 22.9. The zero-order chi connectivity index (χ0) is 22.0. The highest BCUT2D eigenvalue weighted by Gasteiger charge is 2.42. The summed E-state index contributed by atoms with van der Waals surface area (Å²) < 4.78 is 5.40. The lowest BCUT2D eigenvalue weighted by Gasteiger charge is -2.17. The van der Waals surface area contributed by atoms with Gasteiger partial charge >= 0.3 is 6.03 Å². The smallest absolute Gasteiger partial charge is 0.315 e. The second kappa shape index (κ2) is 12.4. The molecule has 0 saturated carbocycles. The van der Waals surface area contributed by atoms with Gasteiger partial charge in [0.05, 0.1) is 24.3 Å². The number of urea groups is 1. The summed E-state index contributed by atoms with van der Waals surface area (Å²) in [5, 5.41) is 21.4. The molecule has 2 fully saturated rings. The van der Waals surface area contributed by atoms with Crippen molar-refractivity contribution < 1.29 is 24.2 Å². The molecule has 0 bridgehead atoms. The van der Waals surface area contributed by atoms with E-state index in [4.69, 9.17) is 4.74 Å². The van der Waals surface area contributed by atoms with Crippen molar-refractivity contribution in [2.45, 2.75) is 75.3 Å². The standard InChI is InChI=1S/C20H36N4O5S/c1-20(2,28)13-22-17(26)8-11-29-10-5-9-21-16(25)7-4-3-6-15-18-14(12-30-15)23-19(27)24-18/h14-15,18,28H,3-13H2,1-2H3,(H,21,25)(H,22,26)(H2,23,24,27)/t14-,15-,18-/m0/s1. The molecule has 2 heterocycles. The Bertz CT molecular complexity index is 584. The fourth-order valence-corrected chi connectivity index (χ4v) is 4.98. The molecule has 2 aliphatic rings. The van der Waals surface area contributed by atoms with Crippen LogP contribution in [0.4, 0.5) is 4.79 Å². The van der Waals surface area contributed by atoms with Crippen molar-refractivity contribution in [2.75, 3.05) is 32.1 Å². The topological polar surface area (TPSA) is 129 Å². The number of carbonyl (C=O) groups is 3. The molecule has 5 N–H and O–H groups in total. The maximum atomic E-state index is 11.9. The summed E-state index contributed by atoms with van der Waals surface area (Å²) >= 11 is 1.90. The predicted octanol–water partition coefficient (Wildman–Crippen LogP) is 0.512. The quantitative estimate of drug-likeness (QED) is 0.196. The zero-order valence-corrected chi connectivity index (χ0v) is 18.8. The highest BCUT2D eigenvalue weighted by atomic mass is 32.2. The summed E-state index contributed by atoms with van der Waals surface area (Å²) in [6.07, 6.45) is 4.30. The van der Waals surface area contributed by atoms with Crippen LogP contribution < -0.4 is 21.3 Å². The van der Waals surface area contributed by atoms with Gasteiger partial charge in [-0.2, -0.15) is 11.8 Å². The van der Waals surface area contributed by atoms with E-state index in [0.717, 1.165) is 25.0 Å². The number of nitrogens with one attached hydrogen (secondary N) is 4. The van der Waals surface area contributed by atoms with Gasteiger partial charge in [-0.15, -0.1) is 0 Å². The van der Waals surface area contributed by atoms with Gasteiger partial charge in [-0.1, -0.05) is 6.42 Å². The van der Waals surface area contributed by atoms with Gasteiger partial charge in [-0.3, -0.25) is 9.59 Å². The van der Waals surface area contributed by atoms with Gasteiger partial charge in [0.25, 0.3) is 0 Å². The third-order valence-corrected chi connectivity index (χ3v) is 6.57. The van der Waals surface area contributed by atoms with E-state index in [9.17, 15) is 19.5 Å². The van der Waals surface area contributed by atoms with Crippen LogP contribution in [0.5, 0.6) is 0 Å². The Morgan fingerprint density at radius 3 is 2.67 bits per heavy atom. The number of hydrogen-bond acceptors (Lipinski definition) is 6. The molecule has 9 nitrogen and oxygen atoms in total. The molecule has 0 aliphatic carbocycles. The highest BCUT2D eigenvalue weighted by Crippen LogP contribution is 2.33. The molecule has 0 aromatic carbocycles. The minimum absolute atomic E-state index is 0.0498. The van der Waals surface area contributed by atoms with Crippen molar-refractivity contribution in [2.24, 2.45) is 0 Å². The average molecular weight is 445 g/mol. The van der Waals surface area contributed by atoms with E-state index in [1.165, 1.54) is 0 Å². The molecule has 10 heteroatoms. The van der Waals surface area contributed by atoms with Gasteiger partial charge in [0.15, 0.2) is 0 Å². The molecule has 2 aliphatic heterocycles. The maximum Gasteiger partial charge on any atom is 0.315 e. The van der Waals surface area contributed by atoms with Gasteiger partial charge in [0, 0.05) is 43.5 Å². The SMILES string of the molecule is CC(C)(O)CNC(=O)CCOCCCNC(=O)CCCC[C@@H]1SC[C@@H]2NC(=O)N[C@@H]21. The van der Waals surface area contributed by atoms with Gasteiger partial charge in [0.2, 0.25) is 11.8 Å². The number of aliphatic hydroxyl groups is 1. The Kier molecular flexibility index (Phi) is 10.2. The number of hydrogen-bond donors (Lipinski definition) is 5.